The van der Waals surface area contributed by atoms with Gasteiger partial charge in [-0.3, -0.25) is 0 Å². The summed E-state index contributed by atoms with van der Waals surface area (Å²) in [5, 5.41) is 3.64. The van der Waals surface area contributed by atoms with Crippen LogP contribution in [0, 0.1) is 5.41 Å². The highest BCUT2D eigenvalue weighted by Gasteiger charge is 2.33. The molecule has 2 aliphatic rings. The molecule has 0 spiro atoms. The van der Waals surface area contributed by atoms with Crippen molar-refractivity contribution < 1.29 is 4.74 Å². The molecular formula is C17H34N2O. The van der Waals surface area contributed by atoms with Crippen LogP contribution < -0.4 is 5.32 Å². The zero-order chi connectivity index (χ0) is 14.3. The van der Waals surface area contributed by atoms with Gasteiger partial charge < -0.3 is 15.0 Å². The molecule has 0 bridgehead atoms. The Morgan fingerprint density at radius 2 is 1.75 bits per heavy atom. The second-order valence-electron chi connectivity index (χ2n) is 6.91. The van der Waals surface area contributed by atoms with E-state index in [-0.39, 0.29) is 0 Å². The molecule has 1 N–H and O–H groups in total. The van der Waals surface area contributed by atoms with Gasteiger partial charge in [-0.2, -0.15) is 0 Å². The second kappa shape index (κ2) is 8.35. The monoisotopic (exact) mass is 282 g/mol. The molecule has 2 rings (SSSR count). The van der Waals surface area contributed by atoms with E-state index in [2.05, 4.69) is 17.1 Å². The van der Waals surface area contributed by atoms with Crippen molar-refractivity contribution in [3.8, 4) is 0 Å². The zero-order valence-electron chi connectivity index (χ0n) is 13.6. The summed E-state index contributed by atoms with van der Waals surface area (Å²) in [5.41, 5.74) is 0.534. The number of nitrogens with zero attached hydrogens (tertiary/aromatic N) is 1. The predicted octanol–water partition coefficient (Wildman–Crippen LogP) is 3.05. The number of methoxy groups -OCH3 is 1. The van der Waals surface area contributed by atoms with Crippen molar-refractivity contribution in [3.05, 3.63) is 0 Å². The molecule has 0 aromatic rings. The first-order chi connectivity index (χ1) is 9.78. The molecule has 0 unspecified atom stereocenters. The number of rotatable bonds is 6. The molecule has 1 aliphatic carbocycles. The van der Waals surface area contributed by atoms with Crippen LogP contribution in [0.15, 0.2) is 0 Å². The van der Waals surface area contributed by atoms with E-state index >= 15 is 0 Å². The number of ether oxygens (including phenoxy) is 1. The topological polar surface area (TPSA) is 24.5 Å². The van der Waals surface area contributed by atoms with Crippen molar-refractivity contribution in [2.45, 2.75) is 64.4 Å². The Hall–Kier alpha value is -0.120. The van der Waals surface area contributed by atoms with Gasteiger partial charge in [0.1, 0.15) is 0 Å². The number of nitrogens with one attached hydrogen (secondary N) is 1. The third-order valence-electron chi connectivity index (χ3n) is 5.34. The van der Waals surface area contributed by atoms with Crippen LogP contribution in [-0.4, -0.2) is 50.8 Å². The number of hydrogen-bond donors (Lipinski definition) is 1. The van der Waals surface area contributed by atoms with Crippen molar-refractivity contribution >= 4 is 0 Å². The van der Waals surface area contributed by atoms with Gasteiger partial charge in [-0.05, 0) is 37.6 Å². The molecule has 1 aliphatic heterocycles. The van der Waals surface area contributed by atoms with E-state index in [0.29, 0.717) is 11.5 Å². The van der Waals surface area contributed by atoms with Crippen LogP contribution >= 0.6 is 0 Å². The van der Waals surface area contributed by atoms with Crippen molar-refractivity contribution in [3.63, 3.8) is 0 Å². The number of hydrogen-bond acceptors (Lipinski definition) is 3. The highest BCUT2D eigenvalue weighted by molar-refractivity contribution is 4.88. The molecule has 2 fully saturated rings. The summed E-state index contributed by atoms with van der Waals surface area (Å²) in [7, 11) is 1.86. The first-order valence-electron chi connectivity index (χ1n) is 8.74. The standard InChI is InChI=1S/C17H34N2O/c1-3-18-14-17(10-6-4-5-7-11-17)15-19-12-8-16(20-2)9-13-19/h16,18H,3-15H2,1-2H3. The van der Waals surface area contributed by atoms with Crippen LogP contribution in [0.5, 0.6) is 0 Å². The molecule has 3 heteroatoms. The normalized spacial score (nSPS) is 25.5. The van der Waals surface area contributed by atoms with Crippen molar-refractivity contribution in [2.75, 3.05) is 39.8 Å². The molecule has 1 saturated carbocycles. The van der Waals surface area contributed by atoms with E-state index in [4.69, 9.17) is 4.74 Å². The molecule has 0 aromatic carbocycles. The van der Waals surface area contributed by atoms with Gasteiger partial charge in [0.05, 0.1) is 6.10 Å². The molecule has 0 aromatic heterocycles. The Morgan fingerprint density at radius 3 is 2.30 bits per heavy atom. The summed E-state index contributed by atoms with van der Waals surface area (Å²) < 4.78 is 5.50. The molecule has 20 heavy (non-hydrogen) atoms. The fraction of sp³-hybridized carbons (Fsp3) is 1.00. The molecule has 1 heterocycles. The Morgan fingerprint density at radius 1 is 1.10 bits per heavy atom. The quantitative estimate of drug-likeness (QED) is 0.758. The van der Waals surface area contributed by atoms with E-state index in [1.165, 1.54) is 77.5 Å². The van der Waals surface area contributed by atoms with Gasteiger partial charge in [-0.15, -0.1) is 0 Å². The zero-order valence-corrected chi connectivity index (χ0v) is 13.6. The molecular weight excluding hydrogens is 248 g/mol. The first kappa shape index (κ1) is 16.3. The summed E-state index contributed by atoms with van der Waals surface area (Å²) >= 11 is 0. The van der Waals surface area contributed by atoms with E-state index in [0.717, 1.165) is 6.54 Å². The summed E-state index contributed by atoms with van der Waals surface area (Å²) in [5.74, 6) is 0. The lowest BCUT2D eigenvalue weighted by Crippen LogP contribution is -2.47. The van der Waals surface area contributed by atoms with Crippen molar-refractivity contribution in [1.29, 1.82) is 0 Å². The first-order valence-corrected chi connectivity index (χ1v) is 8.74. The van der Waals surface area contributed by atoms with E-state index in [1.54, 1.807) is 0 Å². The van der Waals surface area contributed by atoms with Gasteiger partial charge in [0.25, 0.3) is 0 Å². The Labute approximate surface area is 125 Å². The summed E-state index contributed by atoms with van der Waals surface area (Å²) in [6.45, 7) is 8.31. The summed E-state index contributed by atoms with van der Waals surface area (Å²) in [4.78, 5) is 2.71. The average molecular weight is 282 g/mol. The highest BCUT2D eigenvalue weighted by atomic mass is 16.5. The molecule has 0 atom stereocenters. The van der Waals surface area contributed by atoms with E-state index in [9.17, 15) is 0 Å². The minimum atomic E-state index is 0.505. The van der Waals surface area contributed by atoms with Gasteiger partial charge in [-0.25, -0.2) is 0 Å². The lowest BCUT2D eigenvalue weighted by molar-refractivity contribution is 0.0231. The number of likely N-dealkylation sites (tertiary alicyclic amines) is 1. The van der Waals surface area contributed by atoms with E-state index < -0.39 is 0 Å². The summed E-state index contributed by atoms with van der Waals surface area (Å²) in [6.07, 6.45) is 11.5. The largest absolute Gasteiger partial charge is 0.381 e. The van der Waals surface area contributed by atoms with Gasteiger partial charge in [-0.1, -0.05) is 32.6 Å². The van der Waals surface area contributed by atoms with Crippen LogP contribution in [0.4, 0.5) is 0 Å². The van der Waals surface area contributed by atoms with Crippen LogP contribution in [0.2, 0.25) is 0 Å². The maximum Gasteiger partial charge on any atom is 0.0595 e. The van der Waals surface area contributed by atoms with Crippen LogP contribution in [-0.2, 0) is 4.74 Å². The van der Waals surface area contributed by atoms with Gasteiger partial charge >= 0.3 is 0 Å². The Kier molecular flexibility index (Phi) is 6.79. The molecule has 1 saturated heterocycles. The van der Waals surface area contributed by atoms with Crippen LogP contribution in [0.25, 0.3) is 0 Å². The lowest BCUT2D eigenvalue weighted by atomic mass is 9.79. The molecule has 0 radical (unpaired) electrons. The third kappa shape index (κ3) is 4.71. The third-order valence-corrected chi connectivity index (χ3v) is 5.34. The van der Waals surface area contributed by atoms with Crippen molar-refractivity contribution in [1.82, 2.24) is 10.2 Å². The minimum Gasteiger partial charge on any atom is -0.381 e. The van der Waals surface area contributed by atoms with Crippen LogP contribution in [0.3, 0.4) is 0 Å². The molecule has 118 valence electrons. The van der Waals surface area contributed by atoms with Crippen molar-refractivity contribution in [2.24, 2.45) is 5.41 Å². The fourth-order valence-corrected chi connectivity index (χ4v) is 4.04. The van der Waals surface area contributed by atoms with Gasteiger partial charge in [0.15, 0.2) is 0 Å². The Bertz CT molecular complexity index is 254. The highest BCUT2D eigenvalue weighted by Crippen LogP contribution is 2.36. The smallest absolute Gasteiger partial charge is 0.0595 e. The SMILES string of the molecule is CCNCC1(CN2CCC(OC)CC2)CCCCCC1. The summed E-state index contributed by atoms with van der Waals surface area (Å²) in [6, 6.07) is 0. The molecule has 3 nitrogen and oxygen atoms in total. The van der Waals surface area contributed by atoms with E-state index in [1.807, 2.05) is 7.11 Å². The maximum atomic E-state index is 5.50. The average Bonchev–Trinajstić information content (AvgIpc) is 2.72. The molecule has 0 amide bonds. The lowest BCUT2D eigenvalue weighted by Gasteiger charge is -2.41. The maximum absolute atomic E-state index is 5.50. The minimum absolute atomic E-state index is 0.505. The van der Waals surface area contributed by atoms with Gasteiger partial charge in [0, 0.05) is 33.3 Å². The predicted molar refractivity (Wildman–Crippen MR) is 85.1 cm³/mol. The Balaban J connectivity index is 1.89. The fourth-order valence-electron chi connectivity index (χ4n) is 4.04. The van der Waals surface area contributed by atoms with Crippen LogP contribution in [0.1, 0.15) is 58.3 Å². The van der Waals surface area contributed by atoms with Gasteiger partial charge in [0.2, 0.25) is 0 Å². The number of piperidine rings is 1. The second-order valence-corrected chi connectivity index (χ2v) is 6.91.